The van der Waals surface area contributed by atoms with Crippen LogP contribution in [0, 0.1) is 0 Å². The van der Waals surface area contributed by atoms with Gasteiger partial charge in [0.25, 0.3) is 0 Å². The van der Waals surface area contributed by atoms with Gasteiger partial charge in [-0.2, -0.15) is 0 Å². The summed E-state index contributed by atoms with van der Waals surface area (Å²) >= 11 is 0. The Morgan fingerprint density at radius 1 is 0.552 bits per heavy atom. The third kappa shape index (κ3) is 6.88. The first-order valence-corrected chi connectivity index (χ1v) is 10.6. The van der Waals surface area contributed by atoms with E-state index in [4.69, 9.17) is 18.9 Å². The van der Waals surface area contributed by atoms with Gasteiger partial charge >= 0.3 is 0 Å². The molecule has 4 nitrogen and oxygen atoms in total. The lowest BCUT2D eigenvalue weighted by molar-refractivity contribution is 0.391. The van der Waals surface area contributed by atoms with Crippen LogP contribution in [0.2, 0.25) is 0 Å². The maximum Gasteiger partial charge on any atom is 0.122 e. The molecule has 0 aliphatic rings. The van der Waals surface area contributed by atoms with Gasteiger partial charge in [0.15, 0.2) is 0 Å². The predicted octanol–water partition coefficient (Wildman–Crippen LogP) is 6.60. The minimum atomic E-state index is 0.217. The van der Waals surface area contributed by atoms with Crippen LogP contribution in [-0.2, 0) is 0 Å². The zero-order valence-corrected chi connectivity index (χ0v) is 18.6. The van der Waals surface area contributed by atoms with E-state index < -0.39 is 0 Å². The lowest BCUT2D eigenvalue weighted by Gasteiger charge is -2.21. The van der Waals surface area contributed by atoms with Crippen LogP contribution < -0.4 is 18.9 Å². The van der Waals surface area contributed by atoms with Gasteiger partial charge in [-0.15, -0.1) is 0 Å². The van der Waals surface area contributed by atoms with E-state index in [1.54, 1.807) is 28.4 Å². The van der Waals surface area contributed by atoms with Crippen molar-refractivity contribution in [3.8, 4) is 23.0 Å². The molecule has 2 aromatic carbocycles. The van der Waals surface area contributed by atoms with Crippen molar-refractivity contribution in [2.24, 2.45) is 0 Å². The summed E-state index contributed by atoms with van der Waals surface area (Å²) in [6.45, 7) is 2.25. The summed E-state index contributed by atoms with van der Waals surface area (Å²) in [4.78, 5) is 0. The Balaban J connectivity index is 2.33. The summed E-state index contributed by atoms with van der Waals surface area (Å²) in [7, 11) is 6.76. The van der Waals surface area contributed by atoms with Crippen LogP contribution in [0.25, 0.3) is 0 Å². The monoisotopic (exact) mass is 400 g/mol. The maximum absolute atomic E-state index is 5.51. The molecule has 0 aliphatic carbocycles. The Kier molecular flexibility index (Phi) is 9.69. The van der Waals surface area contributed by atoms with E-state index >= 15 is 0 Å². The van der Waals surface area contributed by atoms with Crippen molar-refractivity contribution in [3.63, 3.8) is 0 Å². The van der Waals surface area contributed by atoms with Crippen molar-refractivity contribution in [2.75, 3.05) is 28.4 Å². The van der Waals surface area contributed by atoms with Crippen LogP contribution in [0.15, 0.2) is 36.4 Å². The fourth-order valence-corrected chi connectivity index (χ4v) is 3.72. The molecular weight excluding hydrogens is 364 g/mol. The first-order valence-electron chi connectivity index (χ1n) is 10.6. The number of benzene rings is 2. The van der Waals surface area contributed by atoms with Gasteiger partial charge < -0.3 is 18.9 Å². The minimum Gasteiger partial charge on any atom is -0.497 e. The molecule has 2 aromatic rings. The van der Waals surface area contributed by atoms with Crippen molar-refractivity contribution in [3.05, 3.63) is 47.5 Å². The van der Waals surface area contributed by atoms with E-state index in [1.807, 2.05) is 12.1 Å². The van der Waals surface area contributed by atoms with E-state index in [9.17, 15) is 0 Å². The van der Waals surface area contributed by atoms with Gasteiger partial charge in [0.05, 0.1) is 28.4 Å². The summed E-state index contributed by atoms with van der Waals surface area (Å²) < 4.78 is 22.1. The molecule has 0 atom stereocenters. The van der Waals surface area contributed by atoms with Gasteiger partial charge in [-0.3, -0.25) is 0 Å². The fraction of sp³-hybridized carbons (Fsp3) is 0.520. The summed E-state index contributed by atoms with van der Waals surface area (Å²) in [5.41, 5.74) is 2.37. The Morgan fingerprint density at radius 2 is 0.931 bits per heavy atom. The summed E-state index contributed by atoms with van der Waals surface area (Å²) in [5, 5.41) is 0. The Labute approximate surface area is 176 Å². The second kappa shape index (κ2) is 12.3. The molecule has 0 aliphatic heterocycles. The molecule has 0 bridgehead atoms. The normalized spacial score (nSPS) is 10.8. The topological polar surface area (TPSA) is 36.9 Å². The molecule has 0 N–H and O–H groups in total. The lowest BCUT2D eigenvalue weighted by atomic mass is 9.86. The Bertz CT molecular complexity index is 642. The molecule has 0 saturated heterocycles. The average Bonchev–Trinajstić information content (AvgIpc) is 2.77. The number of rotatable bonds is 13. The highest BCUT2D eigenvalue weighted by molar-refractivity contribution is 5.47. The van der Waals surface area contributed by atoms with Crippen molar-refractivity contribution in [1.82, 2.24) is 0 Å². The predicted molar refractivity (Wildman–Crippen MR) is 119 cm³/mol. The first kappa shape index (κ1) is 22.9. The lowest BCUT2D eigenvalue weighted by Crippen LogP contribution is -2.04. The standard InChI is InChI=1S/C25H36O4/c1-6-7-8-9-10-11-12-25(19-13-21(26-2)17-22(14-19)27-3)20-15-23(28-4)18-24(16-20)29-5/h13-18,25H,6-12H2,1-5H3. The number of unbranched alkanes of at least 4 members (excludes halogenated alkanes) is 5. The Morgan fingerprint density at radius 3 is 1.31 bits per heavy atom. The number of methoxy groups -OCH3 is 4. The zero-order valence-electron chi connectivity index (χ0n) is 18.6. The molecule has 2 rings (SSSR count). The molecule has 160 valence electrons. The molecule has 0 radical (unpaired) electrons. The number of hydrogen-bond acceptors (Lipinski definition) is 4. The highest BCUT2D eigenvalue weighted by atomic mass is 16.5. The van der Waals surface area contributed by atoms with E-state index in [0.717, 1.165) is 29.4 Å². The largest absolute Gasteiger partial charge is 0.497 e. The van der Waals surface area contributed by atoms with Crippen LogP contribution in [0.3, 0.4) is 0 Å². The smallest absolute Gasteiger partial charge is 0.122 e. The van der Waals surface area contributed by atoms with Gasteiger partial charge in [-0.05, 0) is 41.8 Å². The zero-order chi connectivity index (χ0) is 21.1. The van der Waals surface area contributed by atoms with Crippen LogP contribution in [0.1, 0.15) is 68.9 Å². The minimum absolute atomic E-state index is 0.217. The second-order valence-corrected chi connectivity index (χ2v) is 7.40. The van der Waals surface area contributed by atoms with Gasteiger partial charge in [0, 0.05) is 18.1 Å². The van der Waals surface area contributed by atoms with Crippen LogP contribution in [-0.4, -0.2) is 28.4 Å². The van der Waals surface area contributed by atoms with E-state index in [1.165, 1.54) is 49.7 Å². The van der Waals surface area contributed by atoms with Gasteiger partial charge in [0.2, 0.25) is 0 Å². The first-order chi connectivity index (χ1) is 14.1. The average molecular weight is 401 g/mol. The highest BCUT2D eigenvalue weighted by Gasteiger charge is 2.18. The van der Waals surface area contributed by atoms with Crippen molar-refractivity contribution < 1.29 is 18.9 Å². The van der Waals surface area contributed by atoms with Gasteiger partial charge in [0.1, 0.15) is 23.0 Å². The third-order valence-electron chi connectivity index (χ3n) is 5.40. The summed E-state index contributed by atoms with van der Waals surface area (Å²) in [6.07, 6.45) is 8.69. The van der Waals surface area contributed by atoms with Crippen molar-refractivity contribution in [1.29, 1.82) is 0 Å². The van der Waals surface area contributed by atoms with E-state index in [0.29, 0.717) is 0 Å². The molecule has 0 amide bonds. The van der Waals surface area contributed by atoms with E-state index in [2.05, 4.69) is 31.2 Å². The quantitative estimate of drug-likeness (QED) is 0.355. The molecule has 0 fully saturated rings. The summed E-state index contributed by atoms with van der Waals surface area (Å²) in [5.74, 6) is 3.45. The Hall–Kier alpha value is -2.36. The molecular formula is C25H36O4. The second-order valence-electron chi connectivity index (χ2n) is 7.40. The highest BCUT2D eigenvalue weighted by Crippen LogP contribution is 2.38. The molecule has 4 heteroatoms. The van der Waals surface area contributed by atoms with Crippen LogP contribution in [0.4, 0.5) is 0 Å². The molecule has 29 heavy (non-hydrogen) atoms. The molecule has 0 heterocycles. The van der Waals surface area contributed by atoms with Crippen molar-refractivity contribution in [2.45, 2.75) is 57.8 Å². The van der Waals surface area contributed by atoms with Crippen molar-refractivity contribution >= 4 is 0 Å². The molecule has 0 spiro atoms. The maximum atomic E-state index is 5.51. The molecule has 0 saturated carbocycles. The SMILES string of the molecule is CCCCCCCCC(c1cc(OC)cc(OC)c1)c1cc(OC)cc(OC)c1. The van der Waals surface area contributed by atoms with Crippen LogP contribution >= 0.6 is 0 Å². The molecule has 0 aromatic heterocycles. The summed E-state index contributed by atoms with van der Waals surface area (Å²) in [6, 6.07) is 12.3. The third-order valence-corrected chi connectivity index (χ3v) is 5.40. The number of ether oxygens (including phenoxy) is 4. The van der Waals surface area contributed by atoms with E-state index in [-0.39, 0.29) is 5.92 Å². The van der Waals surface area contributed by atoms with Crippen LogP contribution in [0.5, 0.6) is 23.0 Å². The van der Waals surface area contributed by atoms with Gasteiger partial charge in [-0.1, -0.05) is 45.4 Å². The van der Waals surface area contributed by atoms with Gasteiger partial charge in [-0.25, -0.2) is 0 Å². The molecule has 0 unspecified atom stereocenters. The number of hydrogen-bond donors (Lipinski definition) is 0. The fourth-order valence-electron chi connectivity index (χ4n) is 3.72.